The number of carboxylic acids is 2. The Hall–Kier alpha value is -1.36. The smallest absolute Gasteiger partial charge is 0.303 e. The van der Waals surface area contributed by atoms with Crippen LogP contribution in [0.1, 0.15) is 19.8 Å². The monoisotopic (exact) mass is 202 g/mol. The molecule has 0 aliphatic rings. The molecule has 80 valence electrons. The predicted molar refractivity (Wildman–Crippen MR) is 48.8 cm³/mol. The van der Waals surface area contributed by atoms with E-state index in [0.29, 0.717) is 5.57 Å². The lowest BCUT2D eigenvalue weighted by Gasteiger charge is -2.14. The summed E-state index contributed by atoms with van der Waals surface area (Å²) in [6.07, 6.45) is 1.01. The molecule has 5 heteroatoms. The van der Waals surface area contributed by atoms with Crippen molar-refractivity contribution in [2.75, 3.05) is 6.61 Å². The Bertz CT molecular complexity index is 228. The summed E-state index contributed by atoms with van der Waals surface area (Å²) < 4.78 is 0. The van der Waals surface area contributed by atoms with Crippen molar-refractivity contribution in [3.8, 4) is 0 Å². The first kappa shape index (κ1) is 12.6. The average molecular weight is 202 g/mol. The Labute approximate surface area is 81.7 Å². The summed E-state index contributed by atoms with van der Waals surface area (Å²) in [5, 5.41) is 25.9. The van der Waals surface area contributed by atoms with Crippen molar-refractivity contribution in [1.29, 1.82) is 0 Å². The van der Waals surface area contributed by atoms with Gasteiger partial charge in [-0.25, -0.2) is 0 Å². The van der Waals surface area contributed by atoms with Gasteiger partial charge >= 0.3 is 11.9 Å². The van der Waals surface area contributed by atoms with Crippen LogP contribution in [0.3, 0.4) is 0 Å². The number of hydrogen-bond acceptors (Lipinski definition) is 3. The molecule has 14 heavy (non-hydrogen) atoms. The molecular formula is C9H14O5. The van der Waals surface area contributed by atoms with Gasteiger partial charge in [-0.2, -0.15) is 0 Å². The van der Waals surface area contributed by atoms with Crippen LogP contribution in [0.15, 0.2) is 11.6 Å². The third-order valence-electron chi connectivity index (χ3n) is 1.92. The molecule has 5 nitrogen and oxygen atoms in total. The quantitative estimate of drug-likeness (QED) is 0.545. The minimum Gasteiger partial charge on any atom is -0.481 e. The third kappa shape index (κ3) is 4.61. The molecule has 0 aromatic carbocycles. The molecule has 0 rings (SSSR count). The second kappa shape index (κ2) is 6.15. The summed E-state index contributed by atoms with van der Waals surface area (Å²) in [5.41, 5.74) is 0.454. The number of aliphatic hydroxyl groups excluding tert-OH is 1. The Morgan fingerprint density at radius 2 is 1.64 bits per heavy atom. The lowest BCUT2D eigenvalue weighted by atomic mass is 9.92. The van der Waals surface area contributed by atoms with E-state index in [2.05, 4.69) is 0 Å². The van der Waals surface area contributed by atoms with Gasteiger partial charge in [-0.15, -0.1) is 0 Å². The van der Waals surface area contributed by atoms with Gasteiger partial charge in [0.25, 0.3) is 0 Å². The average Bonchev–Trinajstić information content (AvgIpc) is 2.03. The molecule has 0 fully saturated rings. The molecule has 0 heterocycles. The highest BCUT2D eigenvalue weighted by molar-refractivity contribution is 5.71. The SMILES string of the molecule is CC=C(CO)C(CC(=O)O)CC(=O)O. The van der Waals surface area contributed by atoms with Gasteiger partial charge in [-0.1, -0.05) is 6.08 Å². The van der Waals surface area contributed by atoms with Crippen molar-refractivity contribution < 1.29 is 24.9 Å². The topological polar surface area (TPSA) is 94.8 Å². The second-order valence-electron chi connectivity index (χ2n) is 2.91. The van der Waals surface area contributed by atoms with Crippen LogP contribution in [-0.2, 0) is 9.59 Å². The minimum absolute atomic E-state index is 0.271. The largest absolute Gasteiger partial charge is 0.481 e. The van der Waals surface area contributed by atoms with Gasteiger partial charge in [0.15, 0.2) is 0 Å². The molecule has 0 aromatic heterocycles. The summed E-state index contributed by atoms with van der Waals surface area (Å²) in [6, 6.07) is 0. The van der Waals surface area contributed by atoms with E-state index >= 15 is 0 Å². The normalized spacial score (nSPS) is 11.8. The Kier molecular flexibility index (Phi) is 5.55. The van der Waals surface area contributed by atoms with Crippen LogP contribution in [0.4, 0.5) is 0 Å². The minimum atomic E-state index is -1.07. The van der Waals surface area contributed by atoms with Crippen LogP contribution in [0.5, 0.6) is 0 Å². The number of aliphatic hydroxyl groups is 1. The molecule has 0 atom stereocenters. The molecule has 0 saturated heterocycles. The zero-order valence-corrected chi connectivity index (χ0v) is 7.93. The molecule has 0 amide bonds. The molecule has 0 radical (unpaired) electrons. The van der Waals surface area contributed by atoms with Crippen LogP contribution in [0.25, 0.3) is 0 Å². The van der Waals surface area contributed by atoms with Crippen molar-refractivity contribution in [2.45, 2.75) is 19.8 Å². The fraction of sp³-hybridized carbons (Fsp3) is 0.556. The first-order chi connectivity index (χ1) is 6.51. The van der Waals surface area contributed by atoms with Crippen LogP contribution >= 0.6 is 0 Å². The summed E-state index contributed by atoms with van der Waals surface area (Å²) >= 11 is 0. The van der Waals surface area contributed by atoms with E-state index in [9.17, 15) is 9.59 Å². The number of aliphatic carboxylic acids is 2. The lowest BCUT2D eigenvalue weighted by Crippen LogP contribution is -2.16. The zero-order chi connectivity index (χ0) is 11.1. The summed E-state index contributed by atoms with van der Waals surface area (Å²) in [5.74, 6) is -2.76. The number of allylic oxidation sites excluding steroid dienone is 1. The van der Waals surface area contributed by atoms with E-state index in [0.717, 1.165) is 0 Å². The molecule has 0 aliphatic heterocycles. The number of carboxylic acid groups (broad SMARTS) is 2. The van der Waals surface area contributed by atoms with Crippen LogP contribution in [0, 0.1) is 5.92 Å². The van der Waals surface area contributed by atoms with Gasteiger partial charge < -0.3 is 15.3 Å². The molecule has 0 aliphatic carbocycles. The first-order valence-electron chi connectivity index (χ1n) is 4.20. The van der Waals surface area contributed by atoms with E-state index in [1.54, 1.807) is 13.0 Å². The molecule has 0 spiro atoms. The standard InChI is InChI=1S/C9H14O5/c1-2-6(5-10)7(3-8(11)12)4-9(13)14/h2,7,10H,3-5H2,1H3,(H,11,12)(H,13,14). The fourth-order valence-electron chi connectivity index (χ4n) is 1.21. The highest BCUT2D eigenvalue weighted by Crippen LogP contribution is 2.19. The maximum Gasteiger partial charge on any atom is 0.303 e. The van der Waals surface area contributed by atoms with Crippen LogP contribution < -0.4 is 0 Å². The van der Waals surface area contributed by atoms with Crippen LogP contribution in [0.2, 0.25) is 0 Å². The van der Waals surface area contributed by atoms with Crippen LogP contribution in [-0.4, -0.2) is 33.9 Å². The van der Waals surface area contributed by atoms with Crippen molar-refractivity contribution >= 4 is 11.9 Å². The van der Waals surface area contributed by atoms with Crippen molar-refractivity contribution in [2.24, 2.45) is 5.92 Å². The van der Waals surface area contributed by atoms with Gasteiger partial charge in [0.2, 0.25) is 0 Å². The van der Waals surface area contributed by atoms with E-state index in [4.69, 9.17) is 15.3 Å². The highest BCUT2D eigenvalue weighted by Gasteiger charge is 2.19. The molecule has 0 saturated carbocycles. The summed E-state index contributed by atoms with van der Waals surface area (Å²) in [4.78, 5) is 20.9. The van der Waals surface area contributed by atoms with Gasteiger partial charge in [0, 0.05) is 5.92 Å². The van der Waals surface area contributed by atoms with Gasteiger partial charge in [-0.05, 0) is 12.5 Å². The van der Waals surface area contributed by atoms with E-state index in [-0.39, 0.29) is 19.4 Å². The summed E-state index contributed by atoms with van der Waals surface area (Å²) in [6.45, 7) is 1.34. The van der Waals surface area contributed by atoms with E-state index in [1.165, 1.54) is 0 Å². The van der Waals surface area contributed by atoms with Crippen molar-refractivity contribution in [3.05, 3.63) is 11.6 Å². The molecular weight excluding hydrogens is 188 g/mol. The zero-order valence-electron chi connectivity index (χ0n) is 7.93. The van der Waals surface area contributed by atoms with E-state index in [1.807, 2.05) is 0 Å². The fourth-order valence-corrected chi connectivity index (χ4v) is 1.21. The highest BCUT2D eigenvalue weighted by atomic mass is 16.4. The number of rotatable bonds is 6. The van der Waals surface area contributed by atoms with Crippen molar-refractivity contribution in [3.63, 3.8) is 0 Å². The Morgan fingerprint density at radius 3 is 1.86 bits per heavy atom. The number of carbonyl (C=O) groups is 2. The molecule has 0 bridgehead atoms. The maximum atomic E-state index is 10.4. The predicted octanol–water partition coefficient (Wildman–Crippen LogP) is 0.491. The molecule has 0 unspecified atom stereocenters. The number of hydrogen-bond donors (Lipinski definition) is 3. The van der Waals surface area contributed by atoms with Gasteiger partial charge in [-0.3, -0.25) is 9.59 Å². The van der Waals surface area contributed by atoms with E-state index < -0.39 is 17.9 Å². The Morgan fingerprint density at radius 1 is 1.21 bits per heavy atom. The van der Waals surface area contributed by atoms with Crippen molar-refractivity contribution in [1.82, 2.24) is 0 Å². The first-order valence-corrected chi connectivity index (χ1v) is 4.20. The Balaban J connectivity index is 4.52. The third-order valence-corrected chi connectivity index (χ3v) is 1.92. The second-order valence-corrected chi connectivity index (χ2v) is 2.91. The van der Waals surface area contributed by atoms with Gasteiger partial charge in [0.1, 0.15) is 0 Å². The molecule has 3 N–H and O–H groups in total. The van der Waals surface area contributed by atoms with Gasteiger partial charge in [0.05, 0.1) is 19.4 Å². The summed E-state index contributed by atoms with van der Waals surface area (Å²) in [7, 11) is 0. The molecule has 0 aromatic rings. The maximum absolute atomic E-state index is 10.4. The lowest BCUT2D eigenvalue weighted by molar-refractivity contribution is -0.140.